The van der Waals surface area contributed by atoms with Crippen LogP contribution in [0.1, 0.15) is 19.2 Å². The largest absolute Gasteiger partial charge is 0.385 e. The number of aryl methyl sites for hydroxylation is 1. The predicted octanol–water partition coefficient (Wildman–Crippen LogP) is 1.55. The molecule has 5 heteroatoms. The maximum atomic E-state index is 4.95. The summed E-state index contributed by atoms with van der Waals surface area (Å²) in [6.45, 7) is 3.72. The second-order valence-electron chi connectivity index (χ2n) is 2.64. The second kappa shape index (κ2) is 5.88. The predicted molar refractivity (Wildman–Crippen MR) is 54.3 cm³/mol. The van der Waals surface area contributed by atoms with Crippen molar-refractivity contribution in [3.8, 4) is 0 Å². The van der Waals surface area contributed by atoms with Crippen molar-refractivity contribution in [2.45, 2.75) is 19.8 Å². The first-order chi connectivity index (χ1) is 6.36. The molecule has 0 spiro atoms. The topological polar surface area (TPSA) is 47.0 Å². The SMILES string of the molecule is CCNc1nc(CCCOC)ns1. The summed E-state index contributed by atoms with van der Waals surface area (Å²) >= 11 is 1.42. The lowest BCUT2D eigenvalue weighted by atomic mass is 10.3. The van der Waals surface area contributed by atoms with Crippen molar-refractivity contribution in [3.05, 3.63) is 5.82 Å². The fourth-order valence-electron chi connectivity index (χ4n) is 0.953. The zero-order valence-corrected chi connectivity index (χ0v) is 8.86. The summed E-state index contributed by atoms with van der Waals surface area (Å²) in [6.07, 6.45) is 1.88. The van der Waals surface area contributed by atoms with Crippen LogP contribution in [0.5, 0.6) is 0 Å². The van der Waals surface area contributed by atoms with E-state index < -0.39 is 0 Å². The van der Waals surface area contributed by atoms with Crippen LogP contribution in [0.3, 0.4) is 0 Å². The smallest absolute Gasteiger partial charge is 0.202 e. The highest BCUT2D eigenvalue weighted by Crippen LogP contribution is 2.11. The highest BCUT2D eigenvalue weighted by Gasteiger charge is 2.01. The van der Waals surface area contributed by atoms with E-state index in [0.717, 1.165) is 36.9 Å². The van der Waals surface area contributed by atoms with Crippen LogP contribution in [-0.2, 0) is 11.2 Å². The van der Waals surface area contributed by atoms with E-state index in [1.54, 1.807) is 7.11 Å². The van der Waals surface area contributed by atoms with Gasteiger partial charge in [-0.3, -0.25) is 0 Å². The van der Waals surface area contributed by atoms with E-state index in [1.807, 2.05) is 6.92 Å². The standard InChI is InChI=1S/C8H15N3OS/c1-3-9-8-10-7(11-13-8)5-4-6-12-2/h3-6H2,1-2H3,(H,9,10,11). The highest BCUT2D eigenvalue weighted by atomic mass is 32.1. The summed E-state index contributed by atoms with van der Waals surface area (Å²) < 4.78 is 9.17. The maximum absolute atomic E-state index is 4.95. The zero-order chi connectivity index (χ0) is 9.52. The van der Waals surface area contributed by atoms with Crippen molar-refractivity contribution in [1.29, 1.82) is 0 Å². The normalized spacial score (nSPS) is 10.3. The molecule has 0 fully saturated rings. The Bertz CT molecular complexity index is 239. The van der Waals surface area contributed by atoms with Crippen LogP contribution in [0.25, 0.3) is 0 Å². The Balaban J connectivity index is 2.31. The van der Waals surface area contributed by atoms with Crippen molar-refractivity contribution in [2.75, 3.05) is 25.6 Å². The summed E-state index contributed by atoms with van der Waals surface area (Å²) in [5.41, 5.74) is 0. The minimum atomic E-state index is 0.774. The summed E-state index contributed by atoms with van der Waals surface area (Å²) in [5, 5.41) is 4.04. The average molecular weight is 201 g/mol. The van der Waals surface area contributed by atoms with Gasteiger partial charge in [0.15, 0.2) is 0 Å². The monoisotopic (exact) mass is 201 g/mol. The molecule has 1 aromatic heterocycles. The molecule has 0 aromatic carbocycles. The van der Waals surface area contributed by atoms with E-state index in [1.165, 1.54) is 11.5 Å². The van der Waals surface area contributed by atoms with Gasteiger partial charge in [-0.25, -0.2) is 4.98 Å². The molecule has 1 heterocycles. The van der Waals surface area contributed by atoms with Crippen molar-refractivity contribution < 1.29 is 4.74 Å². The van der Waals surface area contributed by atoms with Gasteiger partial charge in [-0.05, 0) is 13.3 Å². The number of anilines is 1. The molecule has 0 aliphatic rings. The van der Waals surface area contributed by atoms with Gasteiger partial charge in [-0.15, -0.1) is 0 Å². The van der Waals surface area contributed by atoms with Crippen LogP contribution in [0, 0.1) is 0 Å². The molecule has 13 heavy (non-hydrogen) atoms. The van der Waals surface area contributed by atoms with Crippen molar-refractivity contribution >= 4 is 16.7 Å². The lowest BCUT2D eigenvalue weighted by molar-refractivity contribution is 0.194. The average Bonchev–Trinajstić information content (AvgIpc) is 2.54. The lowest BCUT2D eigenvalue weighted by Crippen LogP contribution is -1.97. The van der Waals surface area contributed by atoms with E-state index >= 15 is 0 Å². The maximum Gasteiger partial charge on any atom is 0.202 e. The minimum Gasteiger partial charge on any atom is -0.385 e. The van der Waals surface area contributed by atoms with Gasteiger partial charge in [0.25, 0.3) is 0 Å². The first-order valence-electron chi connectivity index (χ1n) is 4.42. The number of ether oxygens (including phenoxy) is 1. The molecular formula is C8H15N3OS. The van der Waals surface area contributed by atoms with Gasteiger partial charge in [0.1, 0.15) is 5.82 Å². The van der Waals surface area contributed by atoms with Gasteiger partial charge in [0, 0.05) is 38.2 Å². The van der Waals surface area contributed by atoms with E-state index in [0.29, 0.717) is 0 Å². The van der Waals surface area contributed by atoms with E-state index in [-0.39, 0.29) is 0 Å². The Labute approximate surface area is 82.5 Å². The molecule has 0 aliphatic carbocycles. The third-order valence-electron chi connectivity index (χ3n) is 1.54. The molecule has 0 bridgehead atoms. The number of hydrogen-bond acceptors (Lipinski definition) is 5. The molecule has 0 amide bonds. The van der Waals surface area contributed by atoms with Gasteiger partial charge in [0.05, 0.1) is 0 Å². The summed E-state index contributed by atoms with van der Waals surface area (Å²) in [5.74, 6) is 0.915. The summed E-state index contributed by atoms with van der Waals surface area (Å²) in [6, 6.07) is 0. The molecular weight excluding hydrogens is 186 g/mol. The van der Waals surface area contributed by atoms with Crippen LogP contribution in [0.15, 0.2) is 0 Å². The van der Waals surface area contributed by atoms with Crippen molar-refractivity contribution in [2.24, 2.45) is 0 Å². The molecule has 0 saturated heterocycles. The third-order valence-corrected chi connectivity index (χ3v) is 2.26. The number of hydrogen-bond donors (Lipinski definition) is 1. The lowest BCUT2D eigenvalue weighted by Gasteiger charge is -1.95. The number of rotatable bonds is 6. The molecule has 0 unspecified atom stereocenters. The number of methoxy groups -OCH3 is 1. The Morgan fingerprint density at radius 2 is 2.38 bits per heavy atom. The second-order valence-corrected chi connectivity index (χ2v) is 3.39. The first-order valence-corrected chi connectivity index (χ1v) is 5.19. The van der Waals surface area contributed by atoms with Crippen molar-refractivity contribution in [1.82, 2.24) is 9.36 Å². The summed E-state index contributed by atoms with van der Waals surface area (Å²) in [4.78, 5) is 4.31. The Morgan fingerprint density at radius 1 is 1.54 bits per heavy atom. The third kappa shape index (κ3) is 3.69. The van der Waals surface area contributed by atoms with Crippen LogP contribution in [0.4, 0.5) is 5.13 Å². The Morgan fingerprint density at radius 3 is 3.08 bits per heavy atom. The van der Waals surface area contributed by atoms with Crippen LogP contribution in [-0.4, -0.2) is 29.6 Å². The van der Waals surface area contributed by atoms with Gasteiger partial charge >= 0.3 is 0 Å². The highest BCUT2D eigenvalue weighted by molar-refractivity contribution is 7.09. The molecule has 0 atom stereocenters. The molecule has 0 radical (unpaired) electrons. The fourth-order valence-corrected chi connectivity index (χ4v) is 1.63. The zero-order valence-electron chi connectivity index (χ0n) is 8.04. The van der Waals surface area contributed by atoms with Gasteiger partial charge < -0.3 is 10.1 Å². The van der Waals surface area contributed by atoms with Gasteiger partial charge in [-0.1, -0.05) is 0 Å². The minimum absolute atomic E-state index is 0.774. The van der Waals surface area contributed by atoms with Crippen LogP contribution < -0.4 is 5.32 Å². The van der Waals surface area contributed by atoms with E-state index in [2.05, 4.69) is 14.7 Å². The molecule has 0 aliphatic heterocycles. The van der Waals surface area contributed by atoms with Crippen LogP contribution in [0.2, 0.25) is 0 Å². The number of nitrogens with zero attached hydrogens (tertiary/aromatic N) is 2. The van der Waals surface area contributed by atoms with E-state index in [9.17, 15) is 0 Å². The van der Waals surface area contributed by atoms with E-state index in [4.69, 9.17) is 4.74 Å². The van der Waals surface area contributed by atoms with Crippen LogP contribution >= 0.6 is 11.5 Å². The number of nitrogens with one attached hydrogen (secondary N) is 1. The van der Waals surface area contributed by atoms with Gasteiger partial charge in [-0.2, -0.15) is 4.37 Å². The quantitative estimate of drug-likeness (QED) is 0.709. The Hall–Kier alpha value is -0.680. The molecule has 0 saturated carbocycles. The van der Waals surface area contributed by atoms with Crippen molar-refractivity contribution in [3.63, 3.8) is 0 Å². The first kappa shape index (κ1) is 10.4. The molecule has 1 N–H and O–H groups in total. The molecule has 1 rings (SSSR count). The summed E-state index contributed by atoms with van der Waals surface area (Å²) in [7, 11) is 1.71. The molecule has 1 aromatic rings. The molecule has 74 valence electrons. The van der Waals surface area contributed by atoms with Gasteiger partial charge in [0.2, 0.25) is 5.13 Å². The number of aromatic nitrogens is 2. The molecule has 4 nitrogen and oxygen atoms in total. The fraction of sp³-hybridized carbons (Fsp3) is 0.750. The Kier molecular flexibility index (Phi) is 4.70.